The highest BCUT2D eigenvalue weighted by molar-refractivity contribution is 5.54. The molecule has 0 aliphatic heterocycles. The molecule has 0 bridgehead atoms. The standard InChI is InChI=1S/C12H17NO2/c1-3(14)13(4(2)15)12-9-6-5-7(9)11(12)8(5)10(6)12/h3-11,14-15H,1-2H3. The summed E-state index contributed by atoms with van der Waals surface area (Å²) in [6.45, 7) is 3.60. The number of hydrogen-bond acceptors (Lipinski definition) is 3. The van der Waals surface area contributed by atoms with E-state index in [1.807, 2.05) is 4.90 Å². The minimum Gasteiger partial charge on any atom is -0.379 e. The van der Waals surface area contributed by atoms with Crippen molar-refractivity contribution in [1.29, 1.82) is 0 Å². The van der Waals surface area contributed by atoms with Crippen LogP contribution in [0.3, 0.4) is 0 Å². The van der Waals surface area contributed by atoms with E-state index in [0.717, 1.165) is 41.4 Å². The van der Waals surface area contributed by atoms with Gasteiger partial charge in [0.2, 0.25) is 0 Å². The molecular weight excluding hydrogens is 190 g/mol. The van der Waals surface area contributed by atoms with Crippen molar-refractivity contribution in [2.45, 2.75) is 31.8 Å². The maximum absolute atomic E-state index is 9.85. The molecule has 0 aromatic heterocycles. The minimum absolute atomic E-state index is 0.261. The van der Waals surface area contributed by atoms with Crippen LogP contribution >= 0.6 is 0 Å². The van der Waals surface area contributed by atoms with Crippen molar-refractivity contribution in [3.8, 4) is 0 Å². The third kappa shape index (κ3) is 0.425. The Hall–Kier alpha value is -0.120. The highest BCUT2D eigenvalue weighted by Gasteiger charge is 3.05. The van der Waals surface area contributed by atoms with Crippen LogP contribution in [0.15, 0.2) is 0 Å². The van der Waals surface area contributed by atoms with E-state index in [4.69, 9.17) is 0 Å². The molecule has 6 aliphatic carbocycles. The molecule has 2 N–H and O–H groups in total. The number of nitrogens with zero attached hydrogens (tertiary/aromatic N) is 1. The first-order chi connectivity index (χ1) is 7.13. The normalized spacial score (nSPS) is 73.0. The summed E-state index contributed by atoms with van der Waals surface area (Å²) in [6.07, 6.45) is -0.981. The van der Waals surface area contributed by atoms with Crippen LogP contribution in [0.25, 0.3) is 0 Å². The van der Waals surface area contributed by atoms with E-state index < -0.39 is 12.5 Å². The zero-order chi connectivity index (χ0) is 10.3. The van der Waals surface area contributed by atoms with Crippen molar-refractivity contribution in [2.75, 3.05) is 0 Å². The van der Waals surface area contributed by atoms with Crippen LogP contribution in [0.2, 0.25) is 0 Å². The molecule has 15 heavy (non-hydrogen) atoms. The quantitative estimate of drug-likeness (QED) is 0.644. The predicted molar refractivity (Wildman–Crippen MR) is 52.4 cm³/mol. The van der Waals surface area contributed by atoms with Gasteiger partial charge < -0.3 is 10.2 Å². The molecule has 0 heterocycles. The topological polar surface area (TPSA) is 43.7 Å². The fourth-order valence-electron chi connectivity index (χ4n) is 6.85. The van der Waals surface area contributed by atoms with Gasteiger partial charge in [0, 0.05) is 5.54 Å². The van der Waals surface area contributed by atoms with Crippen LogP contribution in [-0.4, -0.2) is 33.1 Å². The van der Waals surface area contributed by atoms with Gasteiger partial charge in [-0.25, -0.2) is 4.90 Å². The summed E-state index contributed by atoms with van der Waals surface area (Å²) in [5.41, 5.74) is 0.261. The molecule has 6 rings (SSSR count). The Morgan fingerprint density at radius 3 is 1.60 bits per heavy atom. The number of rotatable bonds is 3. The number of aliphatic hydroxyl groups is 2. The Kier molecular flexibility index (Phi) is 0.959. The lowest BCUT2D eigenvalue weighted by Gasteiger charge is -3.08. The molecule has 0 aromatic rings. The van der Waals surface area contributed by atoms with Crippen LogP contribution in [0.5, 0.6) is 0 Å². The average molecular weight is 207 g/mol. The second kappa shape index (κ2) is 1.79. The predicted octanol–water partition coefficient (Wildman–Crippen LogP) is 0.0852. The Morgan fingerprint density at radius 2 is 1.27 bits per heavy atom. The van der Waals surface area contributed by atoms with E-state index in [-0.39, 0.29) is 5.54 Å². The summed E-state index contributed by atoms with van der Waals surface area (Å²) in [4.78, 5) is 2.01. The molecule has 6 aliphatic rings. The third-order valence-corrected chi connectivity index (χ3v) is 6.68. The van der Waals surface area contributed by atoms with E-state index in [1.165, 1.54) is 0 Å². The van der Waals surface area contributed by atoms with Gasteiger partial charge in [-0.1, -0.05) is 0 Å². The van der Waals surface area contributed by atoms with Crippen molar-refractivity contribution in [3.05, 3.63) is 0 Å². The van der Waals surface area contributed by atoms with Crippen molar-refractivity contribution >= 4 is 0 Å². The second-order valence-electron chi connectivity index (χ2n) is 6.45. The molecule has 3 heteroatoms. The molecule has 0 amide bonds. The van der Waals surface area contributed by atoms with Crippen molar-refractivity contribution in [2.24, 2.45) is 41.4 Å². The monoisotopic (exact) mass is 207 g/mol. The highest BCUT2D eigenvalue weighted by Crippen LogP contribution is 3.03. The Labute approximate surface area is 89.1 Å². The summed E-state index contributed by atoms with van der Waals surface area (Å²) >= 11 is 0. The largest absolute Gasteiger partial charge is 0.379 e. The summed E-state index contributed by atoms with van der Waals surface area (Å²) in [6, 6.07) is 0. The molecule has 2 atom stereocenters. The molecule has 0 spiro atoms. The molecule has 0 saturated heterocycles. The molecule has 3 nitrogen and oxygen atoms in total. The molecule has 0 radical (unpaired) electrons. The van der Waals surface area contributed by atoms with Crippen LogP contribution < -0.4 is 0 Å². The van der Waals surface area contributed by atoms with E-state index in [0.29, 0.717) is 0 Å². The molecule has 0 aromatic carbocycles. The molecule has 6 saturated carbocycles. The lowest BCUT2D eigenvalue weighted by Crippen LogP contribution is -3.11. The highest BCUT2D eigenvalue weighted by atomic mass is 16.3. The van der Waals surface area contributed by atoms with Crippen LogP contribution in [0, 0.1) is 41.4 Å². The molecule has 6 fully saturated rings. The van der Waals surface area contributed by atoms with E-state index >= 15 is 0 Å². The van der Waals surface area contributed by atoms with Gasteiger partial charge in [-0.15, -0.1) is 0 Å². The van der Waals surface area contributed by atoms with Gasteiger partial charge in [0.05, 0.1) is 0 Å². The van der Waals surface area contributed by atoms with Gasteiger partial charge in [0.15, 0.2) is 0 Å². The van der Waals surface area contributed by atoms with E-state index in [1.54, 1.807) is 13.8 Å². The SMILES string of the molecule is CC(O)N(C(C)O)C12C3C4C5C3C1C5C42. The van der Waals surface area contributed by atoms with Crippen molar-refractivity contribution < 1.29 is 10.2 Å². The first-order valence-electron chi connectivity index (χ1n) is 6.28. The smallest absolute Gasteiger partial charge is 0.107 e. The molecule has 2 unspecified atom stereocenters. The lowest BCUT2D eigenvalue weighted by atomic mass is 8.98. The van der Waals surface area contributed by atoms with Crippen molar-refractivity contribution in [1.82, 2.24) is 4.90 Å². The maximum atomic E-state index is 9.85. The van der Waals surface area contributed by atoms with E-state index in [9.17, 15) is 10.2 Å². The fourth-order valence-corrected chi connectivity index (χ4v) is 6.85. The van der Waals surface area contributed by atoms with Gasteiger partial charge >= 0.3 is 0 Å². The maximum Gasteiger partial charge on any atom is 0.107 e. The Morgan fingerprint density at radius 1 is 0.867 bits per heavy atom. The minimum atomic E-state index is -0.491. The third-order valence-electron chi connectivity index (χ3n) is 6.68. The fraction of sp³-hybridized carbons (Fsp3) is 1.00. The molecule has 82 valence electrons. The first kappa shape index (κ1) is 8.04. The lowest BCUT2D eigenvalue weighted by molar-refractivity contribution is -0.611. The van der Waals surface area contributed by atoms with Gasteiger partial charge in [0.1, 0.15) is 12.5 Å². The van der Waals surface area contributed by atoms with Crippen LogP contribution in [0.1, 0.15) is 13.8 Å². The zero-order valence-electron chi connectivity index (χ0n) is 9.04. The Balaban J connectivity index is 1.56. The summed E-state index contributed by atoms with van der Waals surface area (Å²) in [5, 5.41) is 19.7. The zero-order valence-corrected chi connectivity index (χ0v) is 9.04. The van der Waals surface area contributed by atoms with E-state index in [2.05, 4.69) is 0 Å². The summed E-state index contributed by atoms with van der Waals surface area (Å²) in [7, 11) is 0. The van der Waals surface area contributed by atoms with Gasteiger partial charge in [0.25, 0.3) is 0 Å². The number of aliphatic hydroxyl groups excluding tert-OH is 2. The van der Waals surface area contributed by atoms with Gasteiger partial charge in [-0.3, -0.25) is 0 Å². The van der Waals surface area contributed by atoms with Crippen LogP contribution in [0.4, 0.5) is 0 Å². The van der Waals surface area contributed by atoms with Crippen molar-refractivity contribution in [3.63, 3.8) is 0 Å². The van der Waals surface area contributed by atoms with Gasteiger partial charge in [-0.05, 0) is 55.3 Å². The first-order valence-corrected chi connectivity index (χ1v) is 6.28. The molecular formula is C12H17NO2. The average Bonchev–Trinajstić information content (AvgIpc) is 2.17. The second-order valence-corrected chi connectivity index (χ2v) is 6.45. The summed E-state index contributed by atoms with van der Waals surface area (Å²) in [5.74, 6) is 6.67. The Bertz CT molecular complexity index is 319. The number of hydrogen-bond donors (Lipinski definition) is 2. The van der Waals surface area contributed by atoms with Crippen LogP contribution in [-0.2, 0) is 0 Å². The summed E-state index contributed by atoms with van der Waals surface area (Å²) < 4.78 is 0. The van der Waals surface area contributed by atoms with Gasteiger partial charge in [-0.2, -0.15) is 0 Å².